The molecule has 0 saturated carbocycles. The molecule has 10 heteroatoms. The summed E-state index contributed by atoms with van der Waals surface area (Å²) >= 11 is 0. The fraction of sp³-hybridized carbons (Fsp3) is 0.467. The van der Waals surface area contributed by atoms with Gasteiger partial charge in [-0.1, -0.05) is 0 Å². The molecule has 0 bridgehead atoms. The normalized spacial score (nSPS) is 11.7. The summed E-state index contributed by atoms with van der Waals surface area (Å²) in [7, 11) is -2.41. The molecule has 1 aromatic carbocycles. The van der Waals surface area contributed by atoms with Gasteiger partial charge in [0.1, 0.15) is 5.75 Å². The summed E-state index contributed by atoms with van der Waals surface area (Å²) in [6.45, 7) is 5.07. The lowest BCUT2D eigenvalue weighted by atomic mass is 10.1. The zero-order chi connectivity index (χ0) is 19.3. The topological polar surface area (TPSA) is 134 Å². The Morgan fingerprint density at radius 2 is 1.88 bits per heavy atom. The predicted octanol–water partition coefficient (Wildman–Crippen LogP) is 1.37. The first kappa shape index (κ1) is 20.7. The van der Waals surface area contributed by atoms with Gasteiger partial charge in [-0.05, 0) is 39.0 Å². The van der Waals surface area contributed by atoms with Crippen LogP contribution < -0.4 is 20.1 Å². The van der Waals surface area contributed by atoms with Gasteiger partial charge in [0, 0.05) is 12.1 Å². The van der Waals surface area contributed by atoms with Crippen molar-refractivity contribution in [3.63, 3.8) is 0 Å². The Kier molecular flexibility index (Phi) is 6.77. The van der Waals surface area contributed by atoms with Crippen molar-refractivity contribution < 1.29 is 27.9 Å². The van der Waals surface area contributed by atoms with E-state index in [-0.39, 0.29) is 29.3 Å². The standard InChI is InChI=1S/C15H23N3O6S/c1-15(2,3)18-25(22,23)10-5-6-12(24-4)11(9-10)17-14(21)16-8-7-13(19)20/h5-6,9,18H,7-8H2,1-4H3,(H,19,20)(H2,16,17,21). The number of urea groups is 1. The summed E-state index contributed by atoms with van der Waals surface area (Å²) in [5.41, 5.74) is -0.521. The number of ether oxygens (including phenoxy) is 1. The van der Waals surface area contributed by atoms with Gasteiger partial charge in [0.05, 0.1) is 24.1 Å². The van der Waals surface area contributed by atoms with Gasteiger partial charge >= 0.3 is 12.0 Å². The van der Waals surface area contributed by atoms with Crippen molar-refractivity contribution in [1.29, 1.82) is 0 Å². The van der Waals surface area contributed by atoms with Crippen molar-refractivity contribution in [3.8, 4) is 5.75 Å². The molecule has 0 aromatic heterocycles. The molecule has 1 aromatic rings. The van der Waals surface area contributed by atoms with Crippen molar-refractivity contribution in [1.82, 2.24) is 10.0 Å². The molecular weight excluding hydrogens is 350 g/mol. The number of hydrogen-bond donors (Lipinski definition) is 4. The summed E-state index contributed by atoms with van der Waals surface area (Å²) in [4.78, 5) is 22.2. The van der Waals surface area contributed by atoms with Gasteiger partial charge in [0.25, 0.3) is 0 Å². The molecule has 0 unspecified atom stereocenters. The van der Waals surface area contributed by atoms with Gasteiger partial charge in [0.2, 0.25) is 10.0 Å². The first-order valence-electron chi connectivity index (χ1n) is 7.43. The summed E-state index contributed by atoms with van der Waals surface area (Å²) in [6.07, 6.45) is -0.228. The van der Waals surface area contributed by atoms with Gasteiger partial charge in [-0.2, -0.15) is 0 Å². The first-order valence-corrected chi connectivity index (χ1v) is 8.91. The maximum atomic E-state index is 12.4. The molecular formula is C15H23N3O6S. The fourth-order valence-electron chi connectivity index (χ4n) is 1.86. The lowest BCUT2D eigenvalue weighted by Gasteiger charge is -2.21. The highest BCUT2D eigenvalue weighted by Crippen LogP contribution is 2.27. The highest BCUT2D eigenvalue weighted by Gasteiger charge is 2.23. The van der Waals surface area contributed by atoms with E-state index in [0.717, 1.165) is 0 Å². The van der Waals surface area contributed by atoms with Gasteiger partial charge in [-0.3, -0.25) is 4.79 Å². The van der Waals surface area contributed by atoms with Crippen LogP contribution >= 0.6 is 0 Å². The number of methoxy groups -OCH3 is 1. The molecule has 0 aliphatic carbocycles. The minimum atomic E-state index is -3.78. The van der Waals surface area contributed by atoms with E-state index in [2.05, 4.69) is 15.4 Å². The van der Waals surface area contributed by atoms with E-state index in [0.29, 0.717) is 0 Å². The van der Waals surface area contributed by atoms with Crippen LogP contribution in [0.3, 0.4) is 0 Å². The average molecular weight is 373 g/mol. The van der Waals surface area contributed by atoms with Crippen molar-refractivity contribution in [2.24, 2.45) is 0 Å². The number of carbonyl (C=O) groups excluding carboxylic acids is 1. The monoisotopic (exact) mass is 373 g/mol. The average Bonchev–Trinajstić information content (AvgIpc) is 2.44. The third-order valence-corrected chi connectivity index (χ3v) is 4.55. The number of sulfonamides is 1. The van der Waals surface area contributed by atoms with Crippen molar-refractivity contribution >= 4 is 27.7 Å². The minimum absolute atomic E-state index is 0.0379. The van der Waals surface area contributed by atoms with E-state index in [1.54, 1.807) is 20.8 Å². The number of carbonyl (C=O) groups is 2. The highest BCUT2D eigenvalue weighted by atomic mass is 32.2. The Balaban J connectivity index is 2.99. The van der Waals surface area contributed by atoms with Crippen molar-refractivity contribution in [2.75, 3.05) is 19.0 Å². The molecule has 0 radical (unpaired) electrons. The van der Waals surface area contributed by atoms with Crippen LogP contribution in [-0.2, 0) is 14.8 Å². The van der Waals surface area contributed by atoms with E-state index < -0.39 is 27.6 Å². The number of anilines is 1. The largest absolute Gasteiger partial charge is 0.495 e. The number of carboxylic acid groups (broad SMARTS) is 1. The molecule has 0 aliphatic heterocycles. The molecule has 2 amide bonds. The van der Waals surface area contributed by atoms with Crippen molar-refractivity contribution in [3.05, 3.63) is 18.2 Å². The Bertz CT molecular complexity index is 740. The number of hydrogen-bond acceptors (Lipinski definition) is 5. The maximum absolute atomic E-state index is 12.4. The number of aliphatic carboxylic acids is 1. The van der Waals surface area contributed by atoms with Crippen LogP contribution in [0.1, 0.15) is 27.2 Å². The van der Waals surface area contributed by atoms with Gasteiger partial charge in [-0.25, -0.2) is 17.9 Å². The molecule has 1 rings (SSSR count). The third-order valence-electron chi connectivity index (χ3n) is 2.79. The van der Waals surface area contributed by atoms with E-state index in [1.807, 2.05) is 0 Å². The molecule has 25 heavy (non-hydrogen) atoms. The zero-order valence-electron chi connectivity index (χ0n) is 14.5. The molecule has 0 heterocycles. The van der Waals surface area contributed by atoms with E-state index in [1.165, 1.54) is 25.3 Å². The molecule has 0 atom stereocenters. The van der Waals surface area contributed by atoms with Gasteiger partial charge in [-0.15, -0.1) is 0 Å². The molecule has 9 nitrogen and oxygen atoms in total. The second-order valence-corrected chi connectivity index (χ2v) is 7.92. The summed E-state index contributed by atoms with van der Waals surface area (Å²) in [5.74, 6) is -0.776. The van der Waals surface area contributed by atoms with Crippen LogP contribution in [0.2, 0.25) is 0 Å². The lowest BCUT2D eigenvalue weighted by molar-refractivity contribution is -0.136. The molecule has 4 N–H and O–H groups in total. The molecule has 140 valence electrons. The first-order chi connectivity index (χ1) is 11.4. The minimum Gasteiger partial charge on any atom is -0.495 e. The van der Waals surface area contributed by atoms with Crippen LogP contribution in [0, 0.1) is 0 Å². The van der Waals surface area contributed by atoms with Gasteiger partial charge < -0.3 is 20.5 Å². The number of benzene rings is 1. The fourth-order valence-corrected chi connectivity index (χ4v) is 3.31. The van der Waals surface area contributed by atoms with Crippen LogP contribution in [0.15, 0.2) is 23.1 Å². The molecule has 0 fully saturated rings. The van der Waals surface area contributed by atoms with Gasteiger partial charge in [0.15, 0.2) is 0 Å². The molecule has 0 spiro atoms. The Morgan fingerprint density at radius 1 is 1.24 bits per heavy atom. The van der Waals surface area contributed by atoms with Crippen molar-refractivity contribution in [2.45, 2.75) is 37.6 Å². The van der Waals surface area contributed by atoms with E-state index >= 15 is 0 Å². The smallest absolute Gasteiger partial charge is 0.319 e. The summed E-state index contributed by atoms with van der Waals surface area (Å²) in [5, 5.41) is 13.4. The van der Waals surface area contributed by atoms with Crippen LogP contribution in [-0.4, -0.2) is 44.7 Å². The third kappa shape index (κ3) is 6.98. The SMILES string of the molecule is COc1ccc(S(=O)(=O)NC(C)(C)C)cc1NC(=O)NCCC(=O)O. The second kappa shape index (κ2) is 8.17. The highest BCUT2D eigenvalue weighted by molar-refractivity contribution is 7.89. The van der Waals surface area contributed by atoms with E-state index in [4.69, 9.17) is 9.84 Å². The molecule has 0 saturated heterocycles. The summed E-state index contributed by atoms with van der Waals surface area (Å²) in [6, 6.07) is 3.38. The second-order valence-electron chi connectivity index (χ2n) is 6.24. The quantitative estimate of drug-likeness (QED) is 0.570. The number of carboxylic acids is 1. The number of rotatable bonds is 7. The molecule has 0 aliphatic rings. The summed E-state index contributed by atoms with van der Waals surface area (Å²) < 4.78 is 32.4. The lowest BCUT2D eigenvalue weighted by Crippen LogP contribution is -2.40. The zero-order valence-corrected chi connectivity index (χ0v) is 15.4. The van der Waals surface area contributed by atoms with Crippen LogP contribution in [0.4, 0.5) is 10.5 Å². The van der Waals surface area contributed by atoms with Crippen LogP contribution in [0.25, 0.3) is 0 Å². The Labute approximate surface area is 146 Å². The van der Waals surface area contributed by atoms with E-state index in [9.17, 15) is 18.0 Å². The number of amides is 2. The number of nitrogens with one attached hydrogen (secondary N) is 3. The maximum Gasteiger partial charge on any atom is 0.319 e. The predicted molar refractivity (Wildman–Crippen MR) is 92.3 cm³/mol. The van der Waals surface area contributed by atoms with Crippen LogP contribution in [0.5, 0.6) is 5.75 Å². The Morgan fingerprint density at radius 3 is 2.40 bits per heavy atom. The Hall–Kier alpha value is -2.33.